The van der Waals surface area contributed by atoms with E-state index < -0.39 is 0 Å². The number of nitrogens with zero attached hydrogens (tertiary/aromatic N) is 5. The highest BCUT2D eigenvalue weighted by Crippen LogP contribution is 2.40. The van der Waals surface area contributed by atoms with Gasteiger partial charge in [-0.2, -0.15) is 4.80 Å². The molecule has 0 saturated carbocycles. The SMILES string of the molecule is c1ccc(-c2cc(-c3ccccc3)cc(-c3cc(-c4cc(-c5ccccc5)cc(-c5ccccc5)c4)c4nn(-c5cc(-c6cccnc6)cc(-c6cccnc6)c5)nc4c3)c2)cc1. The summed E-state index contributed by atoms with van der Waals surface area (Å²) in [6.07, 6.45) is 7.37. The summed E-state index contributed by atoms with van der Waals surface area (Å²) in [4.78, 5) is 10.7. The molecule has 0 aliphatic rings. The third-order valence-corrected chi connectivity index (χ3v) is 11.6. The first-order valence-electron chi connectivity index (χ1n) is 21.1. The summed E-state index contributed by atoms with van der Waals surface area (Å²) in [5, 5.41) is 10.7. The number of hydrogen-bond donors (Lipinski definition) is 0. The van der Waals surface area contributed by atoms with E-state index in [-0.39, 0.29) is 0 Å². The molecule has 5 nitrogen and oxygen atoms in total. The molecule has 0 aliphatic carbocycles. The second-order valence-corrected chi connectivity index (χ2v) is 15.7. The Morgan fingerprint density at radius 1 is 0.270 bits per heavy atom. The molecule has 63 heavy (non-hydrogen) atoms. The standard InChI is InChI=1S/C58H39N5/c1-5-15-40(16-6-1)46-27-47(41-17-7-2-8-18-41)30-50(29-46)53-36-56(54-32-48(42-19-9-3-10-20-42)28-49(33-54)43-21-11-4-12-22-43)58-57(37-53)61-63(62-58)55-34-51(44-23-13-25-59-38-44)31-52(35-55)45-24-14-26-60-39-45/h1-39H. The normalized spacial score (nSPS) is 11.2. The van der Waals surface area contributed by atoms with Gasteiger partial charge in [0.15, 0.2) is 0 Å². The first kappa shape index (κ1) is 37.5. The zero-order valence-corrected chi connectivity index (χ0v) is 34.3. The largest absolute Gasteiger partial charge is 0.264 e. The van der Waals surface area contributed by atoms with Crippen LogP contribution in [0, 0.1) is 0 Å². The average molecular weight is 806 g/mol. The van der Waals surface area contributed by atoms with Crippen molar-refractivity contribution in [2.45, 2.75) is 0 Å². The zero-order valence-electron chi connectivity index (χ0n) is 34.3. The minimum Gasteiger partial charge on any atom is -0.264 e. The lowest BCUT2D eigenvalue weighted by Gasteiger charge is -2.14. The van der Waals surface area contributed by atoms with E-state index in [9.17, 15) is 0 Å². The number of pyridine rings is 2. The Balaban J connectivity index is 1.17. The Kier molecular flexibility index (Phi) is 9.80. The number of aromatic nitrogens is 5. The van der Waals surface area contributed by atoms with Crippen molar-refractivity contribution in [3.05, 3.63) is 237 Å². The van der Waals surface area contributed by atoms with E-state index in [2.05, 4.69) is 210 Å². The highest BCUT2D eigenvalue weighted by atomic mass is 15.5. The molecule has 0 spiro atoms. The van der Waals surface area contributed by atoms with Crippen molar-refractivity contribution in [2.24, 2.45) is 0 Å². The first-order chi connectivity index (χ1) is 31.2. The van der Waals surface area contributed by atoms with Crippen LogP contribution in [0.3, 0.4) is 0 Å². The third-order valence-electron chi connectivity index (χ3n) is 11.6. The summed E-state index contributed by atoms with van der Waals surface area (Å²) in [5.41, 5.74) is 19.8. The Morgan fingerprint density at radius 3 is 1.02 bits per heavy atom. The van der Waals surface area contributed by atoms with Crippen molar-refractivity contribution < 1.29 is 0 Å². The molecule has 0 radical (unpaired) electrons. The molecular formula is C58H39N5. The molecule has 296 valence electrons. The molecular weight excluding hydrogens is 767 g/mol. The number of benzene rings is 8. The van der Waals surface area contributed by atoms with Crippen LogP contribution in [0.5, 0.6) is 0 Å². The van der Waals surface area contributed by atoms with Crippen molar-refractivity contribution in [3.63, 3.8) is 0 Å². The van der Waals surface area contributed by atoms with Crippen molar-refractivity contribution in [3.8, 4) is 94.7 Å². The molecule has 8 aromatic carbocycles. The second kappa shape index (κ2) is 16.5. The van der Waals surface area contributed by atoms with E-state index in [0.717, 1.165) is 106 Å². The highest BCUT2D eigenvalue weighted by molar-refractivity contribution is 5.98. The van der Waals surface area contributed by atoms with Gasteiger partial charge in [-0.3, -0.25) is 9.97 Å². The lowest BCUT2D eigenvalue weighted by Crippen LogP contribution is -2.00. The van der Waals surface area contributed by atoms with Gasteiger partial charge in [-0.25, -0.2) is 0 Å². The van der Waals surface area contributed by atoms with Gasteiger partial charge in [0.25, 0.3) is 0 Å². The molecule has 11 aromatic rings. The summed E-state index contributed by atoms with van der Waals surface area (Å²) in [7, 11) is 0. The maximum absolute atomic E-state index is 5.37. The van der Waals surface area contributed by atoms with Gasteiger partial charge >= 0.3 is 0 Å². The van der Waals surface area contributed by atoms with Gasteiger partial charge in [0, 0.05) is 41.5 Å². The molecule has 11 rings (SSSR count). The first-order valence-corrected chi connectivity index (χ1v) is 21.1. The Bertz CT molecular complexity index is 3180. The minimum atomic E-state index is 0.787. The third kappa shape index (κ3) is 7.72. The molecule has 3 heterocycles. The molecule has 0 N–H and O–H groups in total. The van der Waals surface area contributed by atoms with Crippen LogP contribution in [0.25, 0.3) is 106 Å². The predicted molar refractivity (Wildman–Crippen MR) is 258 cm³/mol. The lowest BCUT2D eigenvalue weighted by atomic mass is 9.90. The van der Waals surface area contributed by atoms with Crippen LogP contribution in [-0.2, 0) is 0 Å². The highest BCUT2D eigenvalue weighted by Gasteiger charge is 2.19. The van der Waals surface area contributed by atoms with Crippen LogP contribution in [-0.4, -0.2) is 25.0 Å². The van der Waals surface area contributed by atoms with Crippen LogP contribution in [0.15, 0.2) is 237 Å². The summed E-state index contributed by atoms with van der Waals surface area (Å²) >= 11 is 0. The van der Waals surface area contributed by atoms with Gasteiger partial charge in [-0.1, -0.05) is 133 Å². The quantitative estimate of drug-likeness (QED) is 0.146. The summed E-state index contributed by atoms with van der Waals surface area (Å²) < 4.78 is 0. The Morgan fingerprint density at radius 2 is 0.619 bits per heavy atom. The Labute approximate surface area is 366 Å². The van der Waals surface area contributed by atoms with E-state index in [4.69, 9.17) is 10.2 Å². The fourth-order valence-electron chi connectivity index (χ4n) is 8.42. The van der Waals surface area contributed by atoms with Crippen molar-refractivity contribution in [2.75, 3.05) is 0 Å². The number of hydrogen-bond acceptors (Lipinski definition) is 4. The van der Waals surface area contributed by atoms with E-state index >= 15 is 0 Å². The monoisotopic (exact) mass is 805 g/mol. The molecule has 3 aromatic heterocycles. The van der Waals surface area contributed by atoms with Crippen LogP contribution in [0.1, 0.15) is 0 Å². The molecule has 0 atom stereocenters. The van der Waals surface area contributed by atoms with E-state index in [1.807, 2.05) is 24.5 Å². The van der Waals surface area contributed by atoms with Gasteiger partial charge in [0.05, 0.1) is 5.69 Å². The molecule has 0 aliphatic heterocycles. The lowest BCUT2D eigenvalue weighted by molar-refractivity contribution is 0.766. The van der Waals surface area contributed by atoms with Gasteiger partial charge in [0.2, 0.25) is 0 Å². The molecule has 0 saturated heterocycles. The minimum absolute atomic E-state index is 0.787. The van der Waals surface area contributed by atoms with Crippen LogP contribution >= 0.6 is 0 Å². The predicted octanol–water partition coefficient (Wildman–Crippen LogP) is 14.5. The van der Waals surface area contributed by atoms with Gasteiger partial charge < -0.3 is 0 Å². The van der Waals surface area contributed by atoms with E-state index in [1.54, 1.807) is 17.2 Å². The fourth-order valence-corrected chi connectivity index (χ4v) is 8.42. The summed E-state index contributed by atoms with van der Waals surface area (Å²) in [6.45, 7) is 0. The van der Waals surface area contributed by atoms with Gasteiger partial charge in [-0.15, -0.1) is 10.2 Å². The second-order valence-electron chi connectivity index (χ2n) is 15.7. The zero-order chi connectivity index (χ0) is 42.0. The van der Waals surface area contributed by atoms with Crippen LogP contribution < -0.4 is 0 Å². The van der Waals surface area contributed by atoms with Crippen LogP contribution in [0.4, 0.5) is 0 Å². The van der Waals surface area contributed by atoms with Gasteiger partial charge in [-0.05, 0) is 151 Å². The summed E-state index contributed by atoms with van der Waals surface area (Å²) in [6, 6.07) is 75.2. The fraction of sp³-hybridized carbons (Fsp3) is 0. The molecule has 0 amide bonds. The van der Waals surface area contributed by atoms with Crippen molar-refractivity contribution in [1.82, 2.24) is 25.0 Å². The Hall–Kier alpha value is -8.54. The van der Waals surface area contributed by atoms with E-state index in [1.165, 1.54) is 0 Å². The van der Waals surface area contributed by atoms with Gasteiger partial charge in [0.1, 0.15) is 11.0 Å². The van der Waals surface area contributed by atoms with Crippen molar-refractivity contribution in [1.29, 1.82) is 0 Å². The average Bonchev–Trinajstić information content (AvgIpc) is 3.82. The molecule has 0 bridgehead atoms. The number of fused-ring (bicyclic) bond motifs is 1. The smallest absolute Gasteiger partial charge is 0.121 e. The molecule has 0 unspecified atom stereocenters. The van der Waals surface area contributed by atoms with Crippen LogP contribution in [0.2, 0.25) is 0 Å². The maximum atomic E-state index is 5.37. The van der Waals surface area contributed by atoms with E-state index in [0.29, 0.717) is 0 Å². The summed E-state index contributed by atoms with van der Waals surface area (Å²) in [5.74, 6) is 0. The van der Waals surface area contributed by atoms with Crippen molar-refractivity contribution >= 4 is 11.0 Å². The maximum Gasteiger partial charge on any atom is 0.121 e. The molecule has 0 fully saturated rings. The number of rotatable bonds is 9. The topological polar surface area (TPSA) is 56.5 Å². The molecule has 5 heteroatoms.